The molecule has 0 heterocycles. The summed E-state index contributed by atoms with van der Waals surface area (Å²) in [7, 11) is 1.64. The van der Waals surface area contributed by atoms with Crippen LogP contribution >= 0.6 is 0 Å². The smallest absolute Gasteiger partial charge is 0.314 e. The van der Waals surface area contributed by atoms with Crippen molar-refractivity contribution in [2.75, 3.05) is 26.7 Å². The van der Waals surface area contributed by atoms with Gasteiger partial charge in [-0.15, -0.1) is 0 Å². The van der Waals surface area contributed by atoms with Gasteiger partial charge in [0, 0.05) is 19.6 Å². The molecule has 0 saturated carbocycles. The Bertz CT molecular complexity index is 355. The Morgan fingerprint density at radius 3 is 2.71 bits per heavy atom. The second-order valence-electron chi connectivity index (χ2n) is 3.53. The SMILES string of the molecule is COc1ccccc1CCNC(=O)NCCN. The van der Waals surface area contributed by atoms with Crippen LogP contribution in [0.5, 0.6) is 5.75 Å². The Morgan fingerprint density at radius 2 is 2.00 bits per heavy atom. The molecule has 0 aliphatic carbocycles. The van der Waals surface area contributed by atoms with E-state index in [1.807, 2.05) is 24.3 Å². The van der Waals surface area contributed by atoms with Crippen LogP contribution in [-0.4, -0.2) is 32.8 Å². The Balaban J connectivity index is 2.33. The summed E-state index contributed by atoms with van der Waals surface area (Å²) in [5, 5.41) is 5.40. The highest BCUT2D eigenvalue weighted by molar-refractivity contribution is 5.73. The van der Waals surface area contributed by atoms with E-state index in [2.05, 4.69) is 10.6 Å². The number of nitrogens with one attached hydrogen (secondary N) is 2. The number of rotatable bonds is 6. The fourth-order valence-electron chi connectivity index (χ4n) is 1.47. The zero-order valence-corrected chi connectivity index (χ0v) is 10.0. The molecule has 0 spiro atoms. The standard InChI is InChI=1S/C12H19N3O2/c1-17-11-5-3-2-4-10(11)6-8-14-12(16)15-9-7-13/h2-5H,6-9,13H2,1H3,(H2,14,15,16). The zero-order chi connectivity index (χ0) is 12.5. The molecule has 1 aromatic carbocycles. The summed E-state index contributed by atoms with van der Waals surface area (Å²) >= 11 is 0. The van der Waals surface area contributed by atoms with E-state index in [-0.39, 0.29) is 6.03 Å². The van der Waals surface area contributed by atoms with Crippen molar-refractivity contribution in [1.29, 1.82) is 0 Å². The van der Waals surface area contributed by atoms with Crippen molar-refractivity contribution in [3.63, 3.8) is 0 Å². The van der Waals surface area contributed by atoms with Gasteiger partial charge in [0.1, 0.15) is 5.75 Å². The lowest BCUT2D eigenvalue weighted by molar-refractivity contribution is 0.241. The third kappa shape index (κ3) is 4.74. The minimum absolute atomic E-state index is 0.189. The number of hydrogen-bond donors (Lipinski definition) is 3. The first-order valence-electron chi connectivity index (χ1n) is 5.61. The van der Waals surface area contributed by atoms with Gasteiger partial charge >= 0.3 is 6.03 Å². The molecule has 94 valence electrons. The van der Waals surface area contributed by atoms with Crippen molar-refractivity contribution in [3.05, 3.63) is 29.8 Å². The van der Waals surface area contributed by atoms with Crippen LogP contribution in [0.3, 0.4) is 0 Å². The maximum Gasteiger partial charge on any atom is 0.314 e. The van der Waals surface area contributed by atoms with Gasteiger partial charge in [-0.1, -0.05) is 18.2 Å². The molecule has 1 aromatic rings. The van der Waals surface area contributed by atoms with Gasteiger partial charge in [0.05, 0.1) is 7.11 Å². The van der Waals surface area contributed by atoms with Gasteiger partial charge in [0.15, 0.2) is 0 Å². The number of hydrogen-bond acceptors (Lipinski definition) is 3. The lowest BCUT2D eigenvalue weighted by atomic mass is 10.1. The van der Waals surface area contributed by atoms with Crippen molar-refractivity contribution in [3.8, 4) is 5.75 Å². The molecule has 0 radical (unpaired) electrons. The van der Waals surface area contributed by atoms with Crippen LogP contribution in [-0.2, 0) is 6.42 Å². The normalized spacial score (nSPS) is 9.76. The molecule has 5 nitrogen and oxygen atoms in total. The van der Waals surface area contributed by atoms with E-state index < -0.39 is 0 Å². The second-order valence-corrected chi connectivity index (χ2v) is 3.53. The summed E-state index contributed by atoms with van der Waals surface area (Å²) in [6.07, 6.45) is 0.736. The minimum atomic E-state index is -0.189. The molecule has 0 fully saturated rings. The summed E-state index contributed by atoms with van der Waals surface area (Å²) in [4.78, 5) is 11.2. The molecule has 0 aliphatic heterocycles. The number of carbonyl (C=O) groups is 1. The van der Waals surface area contributed by atoms with Gasteiger partial charge in [-0.25, -0.2) is 4.79 Å². The van der Waals surface area contributed by atoms with Crippen LogP contribution in [0.1, 0.15) is 5.56 Å². The first kappa shape index (κ1) is 13.3. The molecule has 0 aliphatic rings. The lowest BCUT2D eigenvalue weighted by Gasteiger charge is -2.09. The van der Waals surface area contributed by atoms with Crippen molar-refractivity contribution in [2.45, 2.75) is 6.42 Å². The van der Waals surface area contributed by atoms with Crippen molar-refractivity contribution in [2.24, 2.45) is 5.73 Å². The van der Waals surface area contributed by atoms with E-state index in [0.29, 0.717) is 19.6 Å². The van der Waals surface area contributed by atoms with Crippen molar-refractivity contribution in [1.82, 2.24) is 10.6 Å². The Hall–Kier alpha value is -1.75. The van der Waals surface area contributed by atoms with Gasteiger partial charge in [0.25, 0.3) is 0 Å². The zero-order valence-electron chi connectivity index (χ0n) is 10.0. The van der Waals surface area contributed by atoms with Gasteiger partial charge in [-0.05, 0) is 18.1 Å². The monoisotopic (exact) mass is 237 g/mol. The molecule has 1 rings (SSSR count). The van der Waals surface area contributed by atoms with E-state index in [0.717, 1.165) is 17.7 Å². The van der Waals surface area contributed by atoms with E-state index in [9.17, 15) is 4.79 Å². The van der Waals surface area contributed by atoms with Crippen molar-refractivity contribution >= 4 is 6.03 Å². The fourth-order valence-corrected chi connectivity index (χ4v) is 1.47. The quantitative estimate of drug-likeness (QED) is 0.674. The Morgan fingerprint density at radius 1 is 1.29 bits per heavy atom. The average molecular weight is 237 g/mol. The molecular formula is C12H19N3O2. The molecule has 0 aromatic heterocycles. The topological polar surface area (TPSA) is 76.4 Å². The summed E-state index contributed by atoms with van der Waals surface area (Å²) in [5.74, 6) is 0.844. The highest BCUT2D eigenvalue weighted by atomic mass is 16.5. The molecule has 4 N–H and O–H groups in total. The molecule has 2 amide bonds. The largest absolute Gasteiger partial charge is 0.496 e. The summed E-state index contributed by atoms with van der Waals surface area (Å²) in [5.41, 5.74) is 6.35. The van der Waals surface area contributed by atoms with E-state index in [1.54, 1.807) is 7.11 Å². The van der Waals surface area contributed by atoms with Gasteiger partial charge in [-0.3, -0.25) is 0 Å². The molecule has 17 heavy (non-hydrogen) atoms. The van der Waals surface area contributed by atoms with E-state index >= 15 is 0 Å². The number of urea groups is 1. The first-order valence-corrected chi connectivity index (χ1v) is 5.61. The van der Waals surface area contributed by atoms with Crippen LogP contribution in [0.25, 0.3) is 0 Å². The molecular weight excluding hydrogens is 218 g/mol. The van der Waals surface area contributed by atoms with Crippen LogP contribution in [0.4, 0.5) is 4.79 Å². The average Bonchev–Trinajstić information content (AvgIpc) is 2.37. The second kappa shape index (κ2) is 7.51. The number of methoxy groups -OCH3 is 1. The molecule has 5 heteroatoms. The predicted octanol–water partition coefficient (Wildman–Crippen LogP) is 0.496. The number of ether oxygens (including phenoxy) is 1. The summed E-state index contributed by atoms with van der Waals surface area (Å²) in [6, 6.07) is 7.57. The van der Waals surface area contributed by atoms with Crippen LogP contribution < -0.4 is 21.1 Å². The number of benzene rings is 1. The summed E-state index contributed by atoms with van der Waals surface area (Å²) in [6.45, 7) is 1.50. The minimum Gasteiger partial charge on any atom is -0.496 e. The maximum absolute atomic E-state index is 11.2. The summed E-state index contributed by atoms with van der Waals surface area (Å²) < 4.78 is 5.22. The third-order valence-corrected chi connectivity index (χ3v) is 2.30. The van der Waals surface area contributed by atoms with Crippen LogP contribution in [0.2, 0.25) is 0 Å². The first-order chi connectivity index (χ1) is 8.27. The lowest BCUT2D eigenvalue weighted by Crippen LogP contribution is -2.39. The van der Waals surface area contributed by atoms with Gasteiger partial charge in [0.2, 0.25) is 0 Å². The number of carbonyl (C=O) groups excluding carboxylic acids is 1. The van der Waals surface area contributed by atoms with Gasteiger partial charge < -0.3 is 21.1 Å². The molecule has 0 atom stereocenters. The molecule has 0 saturated heterocycles. The molecule has 0 unspecified atom stereocenters. The number of para-hydroxylation sites is 1. The van der Waals surface area contributed by atoms with E-state index in [4.69, 9.17) is 10.5 Å². The number of amides is 2. The van der Waals surface area contributed by atoms with Crippen LogP contribution in [0.15, 0.2) is 24.3 Å². The predicted molar refractivity (Wildman–Crippen MR) is 67.2 cm³/mol. The Labute approximate surface area is 101 Å². The molecule has 0 bridgehead atoms. The van der Waals surface area contributed by atoms with Gasteiger partial charge in [-0.2, -0.15) is 0 Å². The highest BCUT2D eigenvalue weighted by Crippen LogP contribution is 2.16. The van der Waals surface area contributed by atoms with Crippen LogP contribution in [0, 0.1) is 0 Å². The Kier molecular flexibility index (Phi) is 5.88. The van der Waals surface area contributed by atoms with E-state index in [1.165, 1.54) is 0 Å². The maximum atomic E-state index is 11.2. The number of nitrogens with two attached hydrogens (primary N) is 1. The third-order valence-electron chi connectivity index (χ3n) is 2.30. The van der Waals surface area contributed by atoms with Crippen molar-refractivity contribution < 1.29 is 9.53 Å². The highest BCUT2D eigenvalue weighted by Gasteiger charge is 2.02. The fraction of sp³-hybridized carbons (Fsp3) is 0.417.